The van der Waals surface area contributed by atoms with Crippen LogP contribution in [0.15, 0.2) is 30.3 Å². The summed E-state index contributed by atoms with van der Waals surface area (Å²) in [6.07, 6.45) is 2.63. The molecule has 2 fully saturated rings. The van der Waals surface area contributed by atoms with Gasteiger partial charge >= 0.3 is 11.9 Å². The molecule has 30 heavy (non-hydrogen) atoms. The number of likely N-dealkylation sites (tertiary alicyclic amines) is 1. The smallest absolute Gasteiger partial charge is 0.326 e. The molecule has 1 aromatic carbocycles. The van der Waals surface area contributed by atoms with Crippen LogP contribution in [0.3, 0.4) is 0 Å². The van der Waals surface area contributed by atoms with Crippen LogP contribution in [0, 0.1) is 5.41 Å². The number of amides is 1. The topological polar surface area (TPSA) is 95.9 Å². The number of nitrogens with one attached hydrogen (secondary N) is 1. The lowest BCUT2D eigenvalue weighted by atomic mass is 9.85. The lowest BCUT2D eigenvalue weighted by molar-refractivity contribution is -0.149. The minimum absolute atomic E-state index is 0.0781. The molecule has 0 bridgehead atoms. The van der Waals surface area contributed by atoms with Crippen molar-refractivity contribution in [3.63, 3.8) is 0 Å². The lowest BCUT2D eigenvalue weighted by Crippen LogP contribution is -2.48. The number of carboxylic acid groups (broad SMARTS) is 1. The van der Waals surface area contributed by atoms with Crippen molar-refractivity contribution >= 4 is 29.6 Å². The van der Waals surface area contributed by atoms with Gasteiger partial charge < -0.3 is 14.7 Å². The first-order chi connectivity index (χ1) is 14.4. The second-order valence-corrected chi connectivity index (χ2v) is 9.20. The summed E-state index contributed by atoms with van der Waals surface area (Å²) in [5.74, 6) is 0.294. The summed E-state index contributed by atoms with van der Waals surface area (Å²) in [6.45, 7) is 2.42. The molecule has 2 unspecified atom stereocenters. The number of aryl methyl sites for hydroxylation is 1. The molecule has 7 nitrogen and oxygen atoms in total. The third-order valence-electron chi connectivity index (χ3n) is 5.93. The molecule has 2 aliphatic rings. The van der Waals surface area contributed by atoms with Crippen molar-refractivity contribution in [3.05, 3.63) is 35.9 Å². The number of hydrogen-bond donors (Lipinski definition) is 2. The van der Waals surface area contributed by atoms with E-state index in [-0.39, 0.29) is 30.4 Å². The molecular weight excluding hydrogens is 404 g/mol. The van der Waals surface area contributed by atoms with Gasteiger partial charge in [0.2, 0.25) is 5.91 Å². The van der Waals surface area contributed by atoms with Crippen molar-refractivity contribution in [2.45, 2.75) is 44.7 Å². The Labute approximate surface area is 181 Å². The van der Waals surface area contributed by atoms with Crippen molar-refractivity contribution in [2.75, 3.05) is 31.2 Å². The molecule has 3 atom stereocenters. The molecule has 0 aromatic heterocycles. The van der Waals surface area contributed by atoms with E-state index in [0.29, 0.717) is 25.8 Å². The molecule has 8 heteroatoms. The van der Waals surface area contributed by atoms with Crippen LogP contribution in [0.25, 0.3) is 0 Å². The maximum Gasteiger partial charge on any atom is 0.326 e. The largest absolute Gasteiger partial charge is 0.480 e. The standard InChI is InChI=1S/C22H30N2O5S/c1-2-29-21(28)17(9-8-16-6-4-3-5-7-16)23-13-19(25)24-14-22(10-11-30-15-22)12-18(24)20(26)27/h3-7,17-18,23H,2,8-15H2,1H3,(H,26,27)/t17?,18-,22?/m0/s1. The number of aliphatic carboxylic acids is 1. The number of carbonyl (C=O) groups excluding carboxylic acids is 2. The molecule has 1 amide bonds. The zero-order valence-corrected chi connectivity index (χ0v) is 18.2. The SMILES string of the molecule is CCOC(=O)C(CCc1ccccc1)NCC(=O)N1CC2(CCSC2)C[C@H]1C(=O)O. The van der Waals surface area contributed by atoms with E-state index >= 15 is 0 Å². The predicted octanol–water partition coefficient (Wildman–Crippen LogP) is 1.95. The Kier molecular flexibility index (Phi) is 7.77. The van der Waals surface area contributed by atoms with Gasteiger partial charge in [-0.3, -0.25) is 14.9 Å². The fourth-order valence-electron chi connectivity index (χ4n) is 4.29. The highest BCUT2D eigenvalue weighted by Gasteiger charge is 2.50. The van der Waals surface area contributed by atoms with Gasteiger partial charge in [0.25, 0.3) is 0 Å². The molecule has 2 aliphatic heterocycles. The second-order valence-electron chi connectivity index (χ2n) is 8.09. The Morgan fingerprint density at radius 2 is 2.10 bits per heavy atom. The molecule has 0 radical (unpaired) electrons. The third-order valence-corrected chi connectivity index (χ3v) is 7.24. The molecule has 3 rings (SSSR count). The molecule has 1 spiro atoms. The van der Waals surface area contributed by atoms with Gasteiger partial charge in [0.1, 0.15) is 12.1 Å². The number of ether oxygens (including phenoxy) is 1. The molecule has 2 heterocycles. The molecule has 0 aliphatic carbocycles. The Morgan fingerprint density at radius 1 is 1.33 bits per heavy atom. The number of hydrogen-bond acceptors (Lipinski definition) is 6. The average Bonchev–Trinajstić information content (AvgIpc) is 3.36. The van der Waals surface area contributed by atoms with Gasteiger partial charge in [0, 0.05) is 17.7 Å². The fourth-order valence-corrected chi connectivity index (χ4v) is 5.80. The van der Waals surface area contributed by atoms with Crippen molar-refractivity contribution in [1.82, 2.24) is 10.2 Å². The van der Waals surface area contributed by atoms with E-state index in [2.05, 4.69) is 5.32 Å². The molecular formula is C22H30N2O5S. The fraction of sp³-hybridized carbons (Fsp3) is 0.591. The highest BCUT2D eigenvalue weighted by Crippen LogP contribution is 2.45. The monoisotopic (exact) mass is 434 g/mol. The first-order valence-corrected chi connectivity index (χ1v) is 11.6. The van der Waals surface area contributed by atoms with Crippen LogP contribution in [-0.4, -0.2) is 71.1 Å². The highest BCUT2D eigenvalue weighted by atomic mass is 32.2. The van der Waals surface area contributed by atoms with Gasteiger partial charge in [-0.05, 0) is 43.9 Å². The molecule has 164 valence electrons. The summed E-state index contributed by atoms with van der Waals surface area (Å²) in [5.41, 5.74) is 1.02. The van der Waals surface area contributed by atoms with E-state index in [4.69, 9.17) is 4.74 Å². The second kappa shape index (κ2) is 10.3. The van der Waals surface area contributed by atoms with Crippen LogP contribution < -0.4 is 5.32 Å². The number of thioether (sulfide) groups is 1. The van der Waals surface area contributed by atoms with Crippen LogP contribution in [0.5, 0.6) is 0 Å². The minimum atomic E-state index is -0.955. The molecule has 1 aromatic rings. The quantitative estimate of drug-likeness (QED) is 0.574. The van der Waals surface area contributed by atoms with Gasteiger partial charge in [-0.25, -0.2) is 4.79 Å². The van der Waals surface area contributed by atoms with Crippen LogP contribution >= 0.6 is 11.8 Å². The Balaban J connectivity index is 1.61. The number of nitrogens with zero attached hydrogens (tertiary/aromatic N) is 1. The van der Waals surface area contributed by atoms with E-state index in [0.717, 1.165) is 23.5 Å². The van der Waals surface area contributed by atoms with Crippen LogP contribution in [0.2, 0.25) is 0 Å². The molecule has 0 saturated carbocycles. The predicted molar refractivity (Wildman–Crippen MR) is 115 cm³/mol. The van der Waals surface area contributed by atoms with Gasteiger partial charge in [-0.15, -0.1) is 0 Å². The Bertz CT molecular complexity index is 751. The number of carbonyl (C=O) groups is 3. The third kappa shape index (κ3) is 5.55. The Hall–Kier alpha value is -2.06. The normalized spacial score (nSPS) is 24.2. The van der Waals surface area contributed by atoms with Crippen molar-refractivity contribution < 1.29 is 24.2 Å². The Morgan fingerprint density at radius 3 is 2.73 bits per heavy atom. The van der Waals surface area contributed by atoms with Crippen LogP contribution in [0.4, 0.5) is 0 Å². The molecule has 2 saturated heterocycles. The summed E-state index contributed by atoms with van der Waals surface area (Å²) < 4.78 is 5.16. The summed E-state index contributed by atoms with van der Waals surface area (Å²) in [6, 6.07) is 8.42. The minimum Gasteiger partial charge on any atom is -0.480 e. The van der Waals surface area contributed by atoms with Crippen molar-refractivity contribution in [2.24, 2.45) is 5.41 Å². The first-order valence-electron chi connectivity index (χ1n) is 10.5. The number of carboxylic acids is 1. The number of rotatable bonds is 9. The van der Waals surface area contributed by atoms with Gasteiger partial charge in [-0.1, -0.05) is 30.3 Å². The van der Waals surface area contributed by atoms with Crippen molar-refractivity contribution in [1.29, 1.82) is 0 Å². The van der Waals surface area contributed by atoms with Gasteiger partial charge in [0.15, 0.2) is 0 Å². The van der Waals surface area contributed by atoms with Crippen molar-refractivity contribution in [3.8, 4) is 0 Å². The van der Waals surface area contributed by atoms with E-state index in [9.17, 15) is 19.5 Å². The maximum atomic E-state index is 12.9. The lowest BCUT2D eigenvalue weighted by Gasteiger charge is -2.25. The van der Waals surface area contributed by atoms with E-state index in [1.165, 1.54) is 4.90 Å². The first kappa shape index (κ1) is 22.6. The van der Waals surface area contributed by atoms with E-state index in [1.807, 2.05) is 42.1 Å². The number of esters is 1. The summed E-state index contributed by atoms with van der Waals surface area (Å²) in [5, 5.41) is 12.7. The van der Waals surface area contributed by atoms with E-state index < -0.39 is 18.1 Å². The summed E-state index contributed by atoms with van der Waals surface area (Å²) in [7, 11) is 0. The van der Waals surface area contributed by atoms with Crippen LogP contribution in [0.1, 0.15) is 31.7 Å². The van der Waals surface area contributed by atoms with Crippen LogP contribution in [-0.2, 0) is 25.5 Å². The summed E-state index contributed by atoms with van der Waals surface area (Å²) in [4.78, 5) is 38.5. The van der Waals surface area contributed by atoms with Gasteiger partial charge in [0.05, 0.1) is 13.2 Å². The zero-order chi connectivity index (χ0) is 21.6. The maximum absolute atomic E-state index is 12.9. The average molecular weight is 435 g/mol. The number of benzene rings is 1. The zero-order valence-electron chi connectivity index (χ0n) is 17.3. The van der Waals surface area contributed by atoms with E-state index in [1.54, 1.807) is 6.92 Å². The summed E-state index contributed by atoms with van der Waals surface area (Å²) >= 11 is 1.82. The molecule has 2 N–H and O–H groups in total. The highest BCUT2D eigenvalue weighted by molar-refractivity contribution is 7.99. The van der Waals surface area contributed by atoms with Gasteiger partial charge in [-0.2, -0.15) is 11.8 Å².